The Kier molecular flexibility index (Phi) is 3.17. The van der Waals surface area contributed by atoms with Gasteiger partial charge in [0, 0.05) is 6.07 Å². The fourth-order valence-corrected chi connectivity index (χ4v) is 1.58. The van der Waals surface area contributed by atoms with Crippen molar-refractivity contribution >= 4 is 11.6 Å². The van der Waals surface area contributed by atoms with Crippen LogP contribution in [-0.4, -0.2) is 5.11 Å². The molecule has 0 saturated heterocycles. The highest BCUT2D eigenvalue weighted by atomic mass is 35.5. The summed E-state index contributed by atoms with van der Waals surface area (Å²) in [6.07, 6.45) is 0. The number of nitriles is 1. The number of ether oxygens (including phenoxy) is 1. The van der Waals surface area contributed by atoms with Gasteiger partial charge in [0.05, 0.1) is 5.02 Å². The van der Waals surface area contributed by atoms with Crippen LogP contribution < -0.4 is 4.74 Å². The molecule has 0 unspecified atom stereocenters. The normalized spacial score (nSPS) is 9.65. The average molecular weight is 246 g/mol. The van der Waals surface area contributed by atoms with Crippen LogP contribution in [0.25, 0.3) is 0 Å². The van der Waals surface area contributed by atoms with Crippen molar-refractivity contribution in [3.8, 4) is 23.3 Å². The molecule has 1 N–H and O–H groups in total. The van der Waals surface area contributed by atoms with Gasteiger partial charge in [-0.3, -0.25) is 0 Å². The first-order chi connectivity index (χ1) is 8.20. The molecular formula is C13H8ClNO2. The zero-order valence-electron chi connectivity index (χ0n) is 8.72. The van der Waals surface area contributed by atoms with Crippen molar-refractivity contribution in [1.82, 2.24) is 0 Å². The highest BCUT2D eigenvalue weighted by molar-refractivity contribution is 6.31. The molecule has 0 radical (unpaired) electrons. The number of aromatic hydroxyl groups is 1. The van der Waals surface area contributed by atoms with Gasteiger partial charge in [0.1, 0.15) is 28.9 Å². The molecule has 0 aliphatic heterocycles. The topological polar surface area (TPSA) is 53.2 Å². The highest BCUT2D eigenvalue weighted by Crippen LogP contribution is 2.30. The van der Waals surface area contributed by atoms with E-state index in [0.717, 1.165) is 0 Å². The SMILES string of the molecule is N#Cc1c(Cl)cccc1Oc1cccc(O)c1. The molecule has 17 heavy (non-hydrogen) atoms. The number of rotatable bonds is 2. The summed E-state index contributed by atoms with van der Waals surface area (Å²) in [5, 5.41) is 18.6. The monoisotopic (exact) mass is 245 g/mol. The molecule has 0 heterocycles. The first-order valence-corrected chi connectivity index (χ1v) is 5.24. The van der Waals surface area contributed by atoms with E-state index in [0.29, 0.717) is 16.5 Å². The third-order valence-corrected chi connectivity index (χ3v) is 2.45. The van der Waals surface area contributed by atoms with Crippen molar-refractivity contribution in [2.75, 3.05) is 0 Å². The van der Waals surface area contributed by atoms with Gasteiger partial charge in [0.15, 0.2) is 0 Å². The Morgan fingerprint density at radius 2 is 1.94 bits per heavy atom. The van der Waals surface area contributed by atoms with Crippen molar-refractivity contribution in [1.29, 1.82) is 5.26 Å². The van der Waals surface area contributed by atoms with Crippen LogP contribution in [0.15, 0.2) is 42.5 Å². The van der Waals surface area contributed by atoms with Crippen molar-refractivity contribution in [2.24, 2.45) is 0 Å². The quantitative estimate of drug-likeness (QED) is 0.878. The number of phenols is 1. The van der Waals surface area contributed by atoms with E-state index in [4.69, 9.17) is 21.6 Å². The molecular weight excluding hydrogens is 238 g/mol. The standard InChI is InChI=1S/C13H8ClNO2/c14-12-5-2-6-13(11(12)8-15)17-10-4-1-3-9(16)7-10/h1-7,16H. The van der Waals surface area contributed by atoms with E-state index in [1.807, 2.05) is 6.07 Å². The second-order valence-electron chi connectivity index (χ2n) is 3.32. The molecule has 0 fully saturated rings. The smallest absolute Gasteiger partial charge is 0.146 e. The fourth-order valence-electron chi connectivity index (χ4n) is 1.37. The maximum atomic E-state index is 9.30. The lowest BCUT2D eigenvalue weighted by atomic mass is 10.2. The van der Waals surface area contributed by atoms with Gasteiger partial charge in [-0.2, -0.15) is 5.26 Å². The summed E-state index contributed by atoms with van der Waals surface area (Å²) in [6.45, 7) is 0. The maximum absolute atomic E-state index is 9.30. The van der Waals surface area contributed by atoms with Crippen molar-refractivity contribution in [3.05, 3.63) is 53.1 Å². The average Bonchev–Trinajstić information content (AvgIpc) is 2.29. The van der Waals surface area contributed by atoms with Crippen LogP contribution in [-0.2, 0) is 0 Å². The van der Waals surface area contributed by atoms with Crippen LogP contribution in [0.3, 0.4) is 0 Å². The third-order valence-electron chi connectivity index (χ3n) is 2.13. The van der Waals surface area contributed by atoms with E-state index in [1.165, 1.54) is 12.1 Å². The molecule has 0 bridgehead atoms. The molecule has 0 saturated carbocycles. The zero-order valence-corrected chi connectivity index (χ0v) is 9.48. The molecule has 0 amide bonds. The summed E-state index contributed by atoms with van der Waals surface area (Å²) in [7, 11) is 0. The molecule has 0 spiro atoms. The maximum Gasteiger partial charge on any atom is 0.146 e. The van der Waals surface area contributed by atoms with Crippen molar-refractivity contribution in [3.63, 3.8) is 0 Å². The molecule has 2 aromatic rings. The Hall–Kier alpha value is -2.18. The minimum absolute atomic E-state index is 0.100. The van der Waals surface area contributed by atoms with E-state index in [2.05, 4.69) is 0 Å². The van der Waals surface area contributed by atoms with Crippen LogP contribution >= 0.6 is 11.6 Å². The van der Waals surface area contributed by atoms with Gasteiger partial charge in [-0.15, -0.1) is 0 Å². The Morgan fingerprint density at radius 3 is 2.65 bits per heavy atom. The van der Waals surface area contributed by atoms with Gasteiger partial charge in [0.25, 0.3) is 0 Å². The van der Waals surface area contributed by atoms with Gasteiger partial charge in [-0.1, -0.05) is 23.7 Å². The van der Waals surface area contributed by atoms with Crippen LogP contribution in [0.2, 0.25) is 5.02 Å². The van der Waals surface area contributed by atoms with Gasteiger partial charge in [-0.05, 0) is 24.3 Å². The molecule has 4 heteroatoms. The number of phenolic OH excluding ortho intramolecular Hbond substituents is 1. The van der Waals surface area contributed by atoms with Gasteiger partial charge < -0.3 is 9.84 Å². The number of hydrogen-bond donors (Lipinski definition) is 1. The second kappa shape index (κ2) is 4.77. The predicted molar refractivity (Wildman–Crippen MR) is 64.3 cm³/mol. The van der Waals surface area contributed by atoms with Gasteiger partial charge in [-0.25, -0.2) is 0 Å². The lowest BCUT2D eigenvalue weighted by Gasteiger charge is -2.08. The number of nitrogens with zero attached hydrogens (tertiary/aromatic N) is 1. The number of halogens is 1. The summed E-state index contributed by atoms with van der Waals surface area (Å²) >= 11 is 5.88. The minimum atomic E-state index is 0.100. The summed E-state index contributed by atoms with van der Waals surface area (Å²) in [5.74, 6) is 0.914. The Labute approximate surface area is 103 Å². The van der Waals surface area contributed by atoms with E-state index in [1.54, 1.807) is 30.3 Å². The summed E-state index contributed by atoms with van der Waals surface area (Å²) in [4.78, 5) is 0. The minimum Gasteiger partial charge on any atom is -0.508 e. The third kappa shape index (κ3) is 2.49. The lowest BCUT2D eigenvalue weighted by molar-refractivity contribution is 0.454. The first kappa shape index (κ1) is 11.3. The lowest BCUT2D eigenvalue weighted by Crippen LogP contribution is -1.88. The van der Waals surface area contributed by atoms with Gasteiger partial charge >= 0.3 is 0 Å². The Bertz CT molecular complexity index is 590. The molecule has 3 nitrogen and oxygen atoms in total. The molecule has 84 valence electrons. The van der Waals surface area contributed by atoms with Crippen molar-refractivity contribution in [2.45, 2.75) is 0 Å². The summed E-state index contributed by atoms with van der Waals surface area (Å²) in [5.41, 5.74) is 0.275. The van der Waals surface area contributed by atoms with E-state index in [-0.39, 0.29) is 11.3 Å². The number of hydrogen-bond acceptors (Lipinski definition) is 3. The Morgan fingerprint density at radius 1 is 1.18 bits per heavy atom. The largest absolute Gasteiger partial charge is 0.508 e. The molecule has 2 rings (SSSR count). The molecule has 0 atom stereocenters. The predicted octanol–water partition coefficient (Wildman–Crippen LogP) is 3.71. The summed E-state index contributed by atoms with van der Waals surface area (Å²) < 4.78 is 5.50. The van der Waals surface area contributed by atoms with Crippen LogP contribution in [0.1, 0.15) is 5.56 Å². The number of benzene rings is 2. The zero-order chi connectivity index (χ0) is 12.3. The van der Waals surface area contributed by atoms with E-state index < -0.39 is 0 Å². The molecule has 0 aromatic heterocycles. The molecule has 0 aliphatic carbocycles. The van der Waals surface area contributed by atoms with Crippen LogP contribution in [0, 0.1) is 11.3 Å². The Balaban J connectivity index is 2.37. The van der Waals surface area contributed by atoms with Crippen LogP contribution in [0.5, 0.6) is 17.2 Å². The van der Waals surface area contributed by atoms with E-state index >= 15 is 0 Å². The van der Waals surface area contributed by atoms with Crippen molar-refractivity contribution < 1.29 is 9.84 Å². The highest BCUT2D eigenvalue weighted by Gasteiger charge is 2.08. The second-order valence-corrected chi connectivity index (χ2v) is 3.73. The first-order valence-electron chi connectivity index (χ1n) is 4.86. The summed E-state index contributed by atoms with van der Waals surface area (Å²) in [6, 6.07) is 13.3. The van der Waals surface area contributed by atoms with Crippen LogP contribution in [0.4, 0.5) is 0 Å². The van der Waals surface area contributed by atoms with E-state index in [9.17, 15) is 5.11 Å². The molecule has 0 aliphatic rings. The fraction of sp³-hybridized carbons (Fsp3) is 0. The molecule has 2 aromatic carbocycles. The van der Waals surface area contributed by atoms with Gasteiger partial charge in [0.2, 0.25) is 0 Å².